The maximum Gasteiger partial charge on any atom is 0.401 e. The molecule has 84 valence electrons. The third-order valence-electron chi connectivity index (χ3n) is 2.43. The van der Waals surface area contributed by atoms with Crippen LogP contribution in [-0.2, 0) is 13.0 Å². The van der Waals surface area contributed by atoms with E-state index in [0.717, 1.165) is 17.2 Å². The average molecular weight is 219 g/mol. The van der Waals surface area contributed by atoms with Gasteiger partial charge >= 0.3 is 6.18 Å². The lowest BCUT2D eigenvalue weighted by Gasteiger charge is -2.26. The number of rotatable bonds is 1. The molecule has 0 fully saturated rings. The number of H-pyrrole nitrogens is 1. The maximum atomic E-state index is 12.2. The lowest BCUT2D eigenvalue weighted by molar-refractivity contribution is -0.147. The van der Waals surface area contributed by atoms with Crippen LogP contribution in [-0.4, -0.2) is 34.1 Å². The molecule has 3 nitrogen and oxygen atoms in total. The molecule has 6 heteroatoms. The number of aromatic nitrogens is 2. The standard InChI is InChI=1S/C9H12F3N3/c1-6-13-7-2-3-15(4-8(7)14-6)5-9(10,11)12/h2-5H2,1H3,(H,13,14). The molecule has 1 aliphatic heterocycles. The molecule has 0 aliphatic carbocycles. The Kier molecular flexibility index (Phi) is 2.46. The largest absolute Gasteiger partial charge is 0.401 e. The van der Waals surface area contributed by atoms with E-state index in [-0.39, 0.29) is 0 Å². The van der Waals surface area contributed by atoms with Crippen LogP contribution in [0.1, 0.15) is 17.2 Å². The number of aryl methyl sites for hydroxylation is 1. The van der Waals surface area contributed by atoms with E-state index in [1.54, 1.807) is 0 Å². The van der Waals surface area contributed by atoms with Crippen molar-refractivity contribution < 1.29 is 13.2 Å². The number of aromatic amines is 1. The highest BCUT2D eigenvalue weighted by molar-refractivity contribution is 5.17. The monoisotopic (exact) mass is 219 g/mol. The summed E-state index contributed by atoms with van der Waals surface area (Å²) in [5.74, 6) is 0.772. The zero-order valence-corrected chi connectivity index (χ0v) is 8.36. The number of alkyl halides is 3. The second-order valence-corrected chi connectivity index (χ2v) is 3.82. The molecule has 1 aromatic rings. The van der Waals surface area contributed by atoms with Gasteiger partial charge in [-0.05, 0) is 6.92 Å². The summed E-state index contributed by atoms with van der Waals surface area (Å²) in [6.45, 7) is 1.71. The molecule has 2 heterocycles. The lowest BCUT2D eigenvalue weighted by atomic mass is 10.1. The third-order valence-corrected chi connectivity index (χ3v) is 2.43. The Morgan fingerprint density at radius 3 is 2.87 bits per heavy atom. The summed E-state index contributed by atoms with van der Waals surface area (Å²) in [4.78, 5) is 8.60. The van der Waals surface area contributed by atoms with Crippen molar-refractivity contribution in [1.82, 2.24) is 14.9 Å². The van der Waals surface area contributed by atoms with Crippen LogP contribution in [0.3, 0.4) is 0 Å². The smallest absolute Gasteiger partial charge is 0.345 e. The van der Waals surface area contributed by atoms with Crippen molar-refractivity contribution in [3.05, 3.63) is 17.2 Å². The maximum absolute atomic E-state index is 12.2. The first kappa shape index (κ1) is 10.5. The van der Waals surface area contributed by atoms with E-state index in [1.807, 2.05) is 6.92 Å². The van der Waals surface area contributed by atoms with E-state index in [4.69, 9.17) is 0 Å². The molecule has 0 saturated carbocycles. The molecule has 15 heavy (non-hydrogen) atoms. The van der Waals surface area contributed by atoms with E-state index in [0.29, 0.717) is 19.5 Å². The third kappa shape index (κ3) is 2.50. The predicted molar refractivity (Wildman–Crippen MR) is 48.4 cm³/mol. The number of fused-ring (bicyclic) bond motifs is 1. The highest BCUT2D eigenvalue weighted by Gasteiger charge is 2.32. The lowest BCUT2D eigenvalue weighted by Crippen LogP contribution is -2.38. The Balaban J connectivity index is 2.05. The van der Waals surface area contributed by atoms with Gasteiger partial charge in [-0.2, -0.15) is 13.2 Å². The summed E-state index contributed by atoms with van der Waals surface area (Å²) in [5.41, 5.74) is 1.73. The first-order chi connectivity index (χ1) is 6.94. The molecule has 0 radical (unpaired) electrons. The summed E-state index contributed by atoms with van der Waals surface area (Å²) < 4.78 is 36.5. The molecule has 0 atom stereocenters. The molecular formula is C9H12F3N3. The van der Waals surface area contributed by atoms with Crippen molar-refractivity contribution >= 4 is 0 Å². The molecule has 0 saturated heterocycles. The SMILES string of the molecule is Cc1nc2c([nH]1)CN(CC(F)(F)F)CC2. The van der Waals surface area contributed by atoms with E-state index in [2.05, 4.69) is 9.97 Å². The summed E-state index contributed by atoms with van der Waals surface area (Å²) in [7, 11) is 0. The second kappa shape index (κ2) is 3.52. The summed E-state index contributed by atoms with van der Waals surface area (Å²) >= 11 is 0. The van der Waals surface area contributed by atoms with Gasteiger partial charge in [0.15, 0.2) is 0 Å². The molecule has 1 aliphatic rings. The molecular weight excluding hydrogens is 207 g/mol. The molecule has 1 aromatic heterocycles. The van der Waals surface area contributed by atoms with Gasteiger partial charge in [-0.3, -0.25) is 4.90 Å². The normalized spacial score (nSPS) is 17.9. The summed E-state index contributed by atoms with van der Waals surface area (Å²) in [6, 6.07) is 0. The Morgan fingerprint density at radius 2 is 2.20 bits per heavy atom. The molecule has 1 N–H and O–H groups in total. The first-order valence-electron chi connectivity index (χ1n) is 4.77. The zero-order valence-electron chi connectivity index (χ0n) is 8.36. The van der Waals surface area contributed by atoms with Gasteiger partial charge in [0, 0.05) is 19.5 Å². The summed E-state index contributed by atoms with van der Waals surface area (Å²) in [6.07, 6.45) is -3.53. The van der Waals surface area contributed by atoms with Crippen LogP contribution in [0, 0.1) is 6.92 Å². The minimum absolute atomic E-state index is 0.315. The van der Waals surface area contributed by atoms with Gasteiger partial charge in [0.05, 0.1) is 17.9 Å². The number of hydrogen-bond donors (Lipinski definition) is 1. The Bertz CT molecular complexity index is 356. The van der Waals surface area contributed by atoms with Gasteiger partial charge in [-0.15, -0.1) is 0 Å². The van der Waals surface area contributed by atoms with Gasteiger partial charge in [0.25, 0.3) is 0 Å². The van der Waals surface area contributed by atoms with Crippen LogP contribution in [0.15, 0.2) is 0 Å². The number of hydrogen-bond acceptors (Lipinski definition) is 2. The molecule has 0 spiro atoms. The molecule has 0 amide bonds. The van der Waals surface area contributed by atoms with E-state index in [1.165, 1.54) is 4.90 Å². The molecule has 0 bridgehead atoms. The fourth-order valence-electron chi connectivity index (χ4n) is 1.88. The molecule has 0 aromatic carbocycles. The minimum Gasteiger partial charge on any atom is -0.345 e. The van der Waals surface area contributed by atoms with Crippen LogP contribution >= 0.6 is 0 Å². The van der Waals surface area contributed by atoms with E-state index < -0.39 is 12.7 Å². The van der Waals surface area contributed by atoms with Gasteiger partial charge in [-0.1, -0.05) is 0 Å². The average Bonchev–Trinajstić information content (AvgIpc) is 2.40. The number of nitrogens with zero attached hydrogens (tertiary/aromatic N) is 2. The van der Waals surface area contributed by atoms with Gasteiger partial charge in [0.1, 0.15) is 5.82 Å². The first-order valence-corrected chi connectivity index (χ1v) is 4.77. The van der Waals surface area contributed by atoms with Gasteiger partial charge in [-0.25, -0.2) is 4.98 Å². The van der Waals surface area contributed by atoms with Crippen LogP contribution in [0.25, 0.3) is 0 Å². The van der Waals surface area contributed by atoms with Crippen molar-refractivity contribution in [2.45, 2.75) is 26.1 Å². The topological polar surface area (TPSA) is 31.9 Å². The Morgan fingerprint density at radius 1 is 1.47 bits per heavy atom. The van der Waals surface area contributed by atoms with E-state index in [9.17, 15) is 13.2 Å². The van der Waals surface area contributed by atoms with Gasteiger partial charge in [0.2, 0.25) is 0 Å². The van der Waals surface area contributed by atoms with Crippen LogP contribution in [0.4, 0.5) is 13.2 Å². The summed E-state index contributed by atoms with van der Waals surface area (Å²) in [5, 5.41) is 0. The minimum atomic E-state index is -4.12. The van der Waals surface area contributed by atoms with Crippen LogP contribution in [0.5, 0.6) is 0 Å². The van der Waals surface area contributed by atoms with Crippen molar-refractivity contribution in [2.75, 3.05) is 13.1 Å². The Hall–Kier alpha value is -1.04. The predicted octanol–water partition coefficient (Wildman–Crippen LogP) is 1.64. The zero-order chi connectivity index (χ0) is 11.1. The van der Waals surface area contributed by atoms with Crippen LogP contribution < -0.4 is 0 Å². The number of imidazole rings is 1. The highest BCUT2D eigenvalue weighted by Crippen LogP contribution is 2.22. The van der Waals surface area contributed by atoms with E-state index >= 15 is 0 Å². The molecule has 0 unspecified atom stereocenters. The van der Waals surface area contributed by atoms with Crippen molar-refractivity contribution in [1.29, 1.82) is 0 Å². The fraction of sp³-hybridized carbons (Fsp3) is 0.667. The second-order valence-electron chi connectivity index (χ2n) is 3.82. The fourth-order valence-corrected chi connectivity index (χ4v) is 1.88. The van der Waals surface area contributed by atoms with Crippen molar-refractivity contribution in [3.63, 3.8) is 0 Å². The number of halogens is 3. The van der Waals surface area contributed by atoms with Gasteiger partial charge < -0.3 is 4.98 Å². The quantitative estimate of drug-likeness (QED) is 0.778. The number of nitrogens with one attached hydrogen (secondary N) is 1. The van der Waals surface area contributed by atoms with Crippen molar-refractivity contribution in [2.24, 2.45) is 0 Å². The Labute approximate surface area is 85.3 Å². The van der Waals surface area contributed by atoms with Crippen molar-refractivity contribution in [3.8, 4) is 0 Å². The van der Waals surface area contributed by atoms with Crippen LogP contribution in [0.2, 0.25) is 0 Å². The highest BCUT2D eigenvalue weighted by atomic mass is 19.4. The molecule has 2 rings (SSSR count).